The number of nitrogens with two attached hydrogens (primary N) is 1. The summed E-state index contributed by atoms with van der Waals surface area (Å²) in [4.78, 5) is 22.9. The van der Waals surface area contributed by atoms with Gasteiger partial charge in [-0.15, -0.1) is 0 Å². The Kier molecular flexibility index (Phi) is 5.48. The number of hydrogen-bond donors (Lipinski definition) is 2. The highest BCUT2D eigenvalue weighted by molar-refractivity contribution is 7.91. The molecule has 2 rings (SSSR count). The minimum Gasteiger partial charge on any atom is -0.366 e. The number of rotatable bonds is 6. The van der Waals surface area contributed by atoms with Gasteiger partial charge < -0.3 is 11.1 Å². The summed E-state index contributed by atoms with van der Waals surface area (Å²) in [7, 11) is -3.87. The van der Waals surface area contributed by atoms with Crippen LogP contribution in [0.25, 0.3) is 0 Å². The second-order valence-corrected chi connectivity index (χ2v) is 7.37. The van der Waals surface area contributed by atoms with Crippen molar-refractivity contribution in [3.63, 3.8) is 0 Å². The van der Waals surface area contributed by atoms with Crippen LogP contribution in [0, 0.1) is 11.6 Å². The molecule has 0 heterocycles. The van der Waals surface area contributed by atoms with Crippen LogP contribution >= 0.6 is 0 Å². The van der Waals surface area contributed by atoms with Crippen molar-refractivity contribution < 1.29 is 26.8 Å². The number of amides is 2. The Hall–Kier alpha value is -2.81. The molecule has 0 saturated heterocycles. The van der Waals surface area contributed by atoms with Gasteiger partial charge in [-0.25, -0.2) is 17.2 Å². The number of benzene rings is 2. The van der Waals surface area contributed by atoms with Crippen molar-refractivity contribution in [2.75, 3.05) is 11.1 Å². The van der Waals surface area contributed by atoms with Gasteiger partial charge in [-0.3, -0.25) is 9.59 Å². The summed E-state index contributed by atoms with van der Waals surface area (Å²) in [6, 6.07) is 8.06. The van der Waals surface area contributed by atoms with Crippen molar-refractivity contribution >= 4 is 27.3 Å². The maximum atomic E-state index is 13.1. The zero-order valence-electron chi connectivity index (χ0n) is 12.8. The van der Waals surface area contributed by atoms with Crippen molar-refractivity contribution in [1.29, 1.82) is 0 Å². The molecule has 0 fully saturated rings. The van der Waals surface area contributed by atoms with E-state index in [9.17, 15) is 26.8 Å². The summed E-state index contributed by atoms with van der Waals surface area (Å²) in [5.41, 5.74) is 5.38. The lowest BCUT2D eigenvalue weighted by Crippen LogP contribution is -2.24. The average molecular weight is 368 g/mol. The van der Waals surface area contributed by atoms with E-state index in [0.717, 1.165) is 12.1 Å². The smallest absolute Gasteiger partial charge is 0.248 e. The molecule has 25 heavy (non-hydrogen) atoms. The SMILES string of the molecule is NC(=O)c1cccc(CS(=O)(=O)CC(=O)Nc2cc(F)cc(F)c2)c1. The van der Waals surface area contributed by atoms with Crippen LogP contribution < -0.4 is 11.1 Å². The number of sulfone groups is 1. The molecule has 0 radical (unpaired) electrons. The predicted octanol–water partition coefficient (Wildman–Crippen LogP) is 1.62. The van der Waals surface area contributed by atoms with Gasteiger partial charge in [-0.05, 0) is 29.8 Å². The van der Waals surface area contributed by atoms with Gasteiger partial charge in [-0.2, -0.15) is 0 Å². The molecule has 2 aromatic rings. The fourth-order valence-electron chi connectivity index (χ4n) is 2.14. The fraction of sp³-hybridized carbons (Fsp3) is 0.125. The minimum absolute atomic E-state index is 0.146. The highest BCUT2D eigenvalue weighted by Gasteiger charge is 2.18. The summed E-state index contributed by atoms with van der Waals surface area (Å²) in [5.74, 6) is -4.81. The molecule has 9 heteroatoms. The highest BCUT2D eigenvalue weighted by Crippen LogP contribution is 2.14. The van der Waals surface area contributed by atoms with Crippen molar-refractivity contribution in [2.24, 2.45) is 5.73 Å². The van der Waals surface area contributed by atoms with E-state index in [1.54, 1.807) is 0 Å². The fourth-order valence-corrected chi connectivity index (χ4v) is 3.40. The molecule has 0 atom stereocenters. The zero-order chi connectivity index (χ0) is 18.6. The molecular weight excluding hydrogens is 354 g/mol. The van der Waals surface area contributed by atoms with Crippen LogP contribution in [-0.2, 0) is 20.4 Å². The van der Waals surface area contributed by atoms with Crippen LogP contribution in [0.2, 0.25) is 0 Å². The summed E-state index contributed by atoms with van der Waals surface area (Å²) < 4.78 is 50.3. The monoisotopic (exact) mass is 368 g/mol. The van der Waals surface area contributed by atoms with Gasteiger partial charge in [0.05, 0.1) is 5.75 Å². The van der Waals surface area contributed by atoms with Crippen molar-refractivity contribution in [2.45, 2.75) is 5.75 Å². The summed E-state index contributed by atoms with van der Waals surface area (Å²) in [6.07, 6.45) is 0. The average Bonchev–Trinajstić information content (AvgIpc) is 2.44. The third-order valence-corrected chi connectivity index (χ3v) is 4.57. The molecule has 0 aliphatic heterocycles. The molecule has 6 nitrogen and oxygen atoms in total. The van der Waals surface area contributed by atoms with E-state index in [1.165, 1.54) is 24.3 Å². The lowest BCUT2D eigenvalue weighted by molar-refractivity contribution is -0.113. The Bertz CT molecular complexity index is 909. The third kappa shape index (κ3) is 5.64. The number of primary amides is 1. The second kappa shape index (κ2) is 7.39. The van der Waals surface area contributed by atoms with Crippen molar-refractivity contribution in [3.05, 3.63) is 65.2 Å². The first-order valence-corrected chi connectivity index (χ1v) is 8.82. The molecule has 0 aromatic heterocycles. The molecule has 0 spiro atoms. The van der Waals surface area contributed by atoms with Gasteiger partial charge in [0.1, 0.15) is 17.4 Å². The minimum atomic E-state index is -3.87. The van der Waals surface area contributed by atoms with Crippen LogP contribution in [0.15, 0.2) is 42.5 Å². The first-order chi connectivity index (χ1) is 11.6. The Morgan fingerprint density at radius 1 is 1.04 bits per heavy atom. The number of nitrogens with one attached hydrogen (secondary N) is 1. The van der Waals surface area contributed by atoms with E-state index in [4.69, 9.17) is 5.73 Å². The Morgan fingerprint density at radius 2 is 1.68 bits per heavy atom. The van der Waals surface area contributed by atoms with Gasteiger partial charge in [0, 0.05) is 17.3 Å². The number of hydrogen-bond acceptors (Lipinski definition) is 4. The summed E-state index contributed by atoms with van der Waals surface area (Å²) >= 11 is 0. The number of anilines is 1. The lowest BCUT2D eigenvalue weighted by atomic mass is 10.1. The van der Waals surface area contributed by atoms with E-state index in [2.05, 4.69) is 5.32 Å². The molecule has 0 aliphatic carbocycles. The molecule has 3 N–H and O–H groups in total. The Balaban J connectivity index is 2.06. The van der Waals surface area contributed by atoms with Gasteiger partial charge in [0.25, 0.3) is 0 Å². The largest absolute Gasteiger partial charge is 0.366 e. The number of carbonyl (C=O) groups is 2. The van der Waals surface area contributed by atoms with Gasteiger partial charge in [0.15, 0.2) is 9.84 Å². The first-order valence-electron chi connectivity index (χ1n) is 7.00. The molecule has 0 unspecified atom stereocenters. The van der Waals surface area contributed by atoms with E-state index in [-0.39, 0.29) is 11.3 Å². The number of carbonyl (C=O) groups excluding carboxylic acids is 2. The standard InChI is InChI=1S/C16H14F2N2O4S/c17-12-5-13(18)7-14(6-12)20-15(21)9-25(23,24)8-10-2-1-3-11(4-10)16(19)22/h1-7H,8-9H2,(H2,19,22)(H,20,21). The van der Waals surface area contributed by atoms with Gasteiger partial charge in [0.2, 0.25) is 11.8 Å². The van der Waals surface area contributed by atoms with Crippen molar-refractivity contribution in [3.8, 4) is 0 Å². The summed E-state index contributed by atoms with van der Waals surface area (Å²) in [6.45, 7) is 0. The van der Waals surface area contributed by atoms with Crippen LogP contribution in [0.3, 0.4) is 0 Å². The van der Waals surface area contributed by atoms with E-state index < -0.39 is 44.8 Å². The van der Waals surface area contributed by atoms with Crippen LogP contribution in [0.5, 0.6) is 0 Å². The lowest BCUT2D eigenvalue weighted by Gasteiger charge is -2.07. The molecule has 0 bridgehead atoms. The van der Waals surface area contributed by atoms with E-state index in [0.29, 0.717) is 11.6 Å². The zero-order valence-corrected chi connectivity index (χ0v) is 13.6. The Labute approximate surface area is 142 Å². The van der Waals surface area contributed by atoms with Crippen LogP contribution in [0.1, 0.15) is 15.9 Å². The van der Waals surface area contributed by atoms with Crippen LogP contribution in [0.4, 0.5) is 14.5 Å². The molecule has 2 amide bonds. The Morgan fingerprint density at radius 3 is 2.28 bits per heavy atom. The van der Waals surface area contributed by atoms with Gasteiger partial charge >= 0.3 is 0 Å². The number of halogens is 2. The predicted molar refractivity (Wildman–Crippen MR) is 87.4 cm³/mol. The molecule has 0 saturated carbocycles. The van der Waals surface area contributed by atoms with E-state index in [1.807, 2.05) is 0 Å². The highest BCUT2D eigenvalue weighted by atomic mass is 32.2. The quantitative estimate of drug-likeness (QED) is 0.808. The third-order valence-electron chi connectivity index (χ3n) is 3.10. The summed E-state index contributed by atoms with van der Waals surface area (Å²) in [5, 5.41) is 2.12. The van der Waals surface area contributed by atoms with Crippen molar-refractivity contribution in [1.82, 2.24) is 0 Å². The molecular formula is C16H14F2N2O4S. The normalized spacial score (nSPS) is 11.1. The topological polar surface area (TPSA) is 106 Å². The molecule has 2 aromatic carbocycles. The molecule has 0 aliphatic rings. The maximum absolute atomic E-state index is 13.1. The first kappa shape index (κ1) is 18.5. The van der Waals surface area contributed by atoms with Crippen LogP contribution in [-0.4, -0.2) is 26.0 Å². The van der Waals surface area contributed by atoms with Gasteiger partial charge in [-0.1, -0.05) is 12.1 Å². The van der Waals surface area contributed by atoms with E-state index >= 15 is 0 Å². The maximum Gasteiger partial charge on any atom is 0.248 e. The molecule has 132 valence electrons. The second-order valence-electron chi connectivity index (χ2n) is 5.30.